The van der Waals surface area contributed by atoms with Crippen molar-refractivity contribution in [2.45, 2.75) is 31.9 Å². The minimum absolute atomic E-state index is 0.0148. The number of likely N-dealkylation sites (tertiary alicyclic amines) is 1. The van der Waals surface area contributed by atoms with E-state index in [1.807, 2.05) is 0 Å². The first-order chi connectivity index (χ1) is 12.8. The first-order valence-electron chi connectivity index (χ1n) is 8.46. The van der Waals surface area contributed by atoms with Gasteiger partial charge in [0, 0.05) is 24.0 Å². The van der Waals surface area contributed by atoms with Crippen LogP contribution < -0.4 is 10.1 Å². The monoisotopic (exact) mass is 445 g/mol. The molecule has 2 fully saturated rings. The quantitative estimate of drug-likeness (QED) is 0.680. The lowest BCUT2D eigenvalue weighted by molar-refractivity contribution is -0.131. The predicted molar refractivity (Wildman–Crippen MR) is 94.3 cm³/mol. The lowest BCUT2D eigenvalue weighted by Gasteiger charge is -2.21. The molecular weight excluding hydrogens is 428 g/mol. The molecule has 1 unspecified atom stereocenters. The number of halogens is 3. The molecule has 0 aromatic heterocycles. The molecule has 2 saturated heterocycles. The van der Waals surface area contributed by atoms with Gasteiger partial charge < -0.3 is 15.0 Å². The van der Waals surface area contributed by atoms with E-state index in [4.69, 9.17) is 0 Å². The van der Waals surface area contributed by atoms with Crippen LogP contribution in [0, 0.1) is 0 Å². The third-order valence-corrected chi connectivity index (χ3v) is 5.10. The number of ether oxygens (including phenoxy) is 1. The Labute approximate surface area is 162 Å². The number of nitrogens with zero attached hydrogens (tertiary/aromatic N) is 2. The van der Waals surface area contributed by atoms with Crippen molar-refractivity contribution in [1.29, 1.82) is 0 Å². The van der Waals surface area contributed by atoms with Crippen LogP contribution in [0.4, 0.5) is 13.6 Å². The van der Waals surface area contributed by atoms with E-state index in [1.54, 1.807) is 17.0 Å². The number of amides is 4. The van der Waals surface area contributed by atoms with Gasteiger partial charge >= 0.3 is 12.6 Å². The van der Waals surface area contributed by atoms with Crippen molar-refractivity contribution in [3.05, 3.63) is 28.2 Å². The summed E-state index contributed by atoms with van der Waals surface area (Å²) in [6, 6.07) is 3.91. The van der Waals surface area contributed by atoms with Gasteiger partial charge in [-0.15, -0.1) is 0 Å². The molecule has 0 bridgehead atoms. The van der Waals surface area contributed by atoms with Gasteiger partial charge in [-0.1, -0.05) is 15.9 Å². The number of rotatable bonds is 6. The van der Waals surface area contributed by atoms with Crippen LogP contribution in [0.25, 0.3) is 0 Å². The smallest absolute Gasteiger partial charge is 0.387 e. The molecule has 2 aliphatic rings. The second-order valence-electron chi connectivity index (χ2n) is 6.34. The molecule has 0 radical (unpaired) electrons. The molecule has 0 spiro atoms. The van der Waals surface area contributed by atoms with Gasteiger partial charge in [0.25, 0.3) is 0 Å². The van der Waals surface area contributed by atoms with E-state index >= 15 is 0 Å². The highest BCUT2D eigenvalue weighted by Gasteiger charge is 2.39. The van der Waals surface area contributed by atoms with Crippen LogP contribution in [-0.2, 0) is 16.0 Å². The van der Waals surface area contributed by atoms with Crippen LogP contribution in [0.15, 0.2) is 22.7 Å². The van der Waals surface area contributed by atoms with Crippen LogP contribution >= 0.6 is 15.9 Å². The van der Waals surface area contributed by atoms with E-state index < -0.39 is 12.6 Å². The zero-order valence-corrected chi connectivity index (χ0v) is 15.9. The Morgan fingerprint density at radius 1 is 1.37 bits per heavy atom. The summed E-state index contributed by atoms with van der Waals surface area (Å²) in [5, 5.41) is 2.47. The highest BCUT2D eigenvalue weighted by molar-refractivity contribution is 9.10. The van der Waals surface area contributed by atoms with E-state index in [2.05, 4.69) is 26.0 Å². The Bertz CT molecular complexity index is 746. The van der Waals surface area contributed by atoms with Gasteiger partial charge in [-0.25, -0.2) is 4.79 Å². The fraction of sp³-hybridized carbons (Fsp3) is 0.471. The van der Waals surface area contributed by atoms with E-state index in [-0.39, 0.29) is 49.5 Å². The Kier molecular flexibility index (Phi) is 5.93. The second-order valence-corrected chi connectivity index (χ2v) is 7.25. The van der Waals surface area contributed by atoms with Crippen molar-refractivity contribution in [2.24, 2.45) is 0 Å². The number of alkyl halides is 2. The summed E-state index contributed by atoms with van der Waals surface area (Å²) >= 11 is 3.28. The minimum Gasteiger partial charge on any atom is -0.435 e. The van der Waals surface area contributed by atoms with Crippen LogP contribution in [0.5, 0.6) is 5.75 Å². The SMILES string of the molecule is O=C(CCc1cc(Br)ccc1OC(F)F)N1CCC(N2C(=O)CNC2=O)C1. The third kappa shape index (κ3) is 4.55. The third-order valence-electron chi connectivity index (χ3n) is 4.61. The standard InChI is InChI=1S/C17H18BrF2N3O4/c18-11-2-3-13(27-16(19)20)10(7-11)1-4-14(24)22-6-5-12(9-22)23-15(25)8-21-17(23)26/h2-3,7,12,16H,1,4-6,8-9H2,(H,21,26). The molecule has 0 saturated carbocycles. The topological polar surface area (TPSA) is 79.0 Å². The lowest BCUT2D eigenvalue weighted by atomic mass is 10.1. The minimum atomic E-state index is -2.94. The Morgan fingerprint density at radius 2 is 2.15 bits per heavy atom. The molecule has 2 heterocycles. The fourth-order valence-corrected chi connectivity index (χ4v) is 3.75. The zero-order chi connectivity index (χ0) is 19.6. The Balaban J connectivity index is 1.58. The first kappa shape index (κ1) is 19.5. The highest BCUT2D eigenvalue weighted by atomic mass is 79.9. The van der Waals surface area contributed by atoms with Gasteiger partial charge in [0.1, 0.15) is 5.75 Å². The number of urea groups is 1. The van der Waals surface area contributed by atoms with Crippen LogP contribution in [-0.4, -0.2) is 59.9 Å². The van der Waals surface area contributed by atoms with Crippen molar-refractivity contribution in [2.75, 3.05) is 19.6 Å². The molecule has 1 aromatic rings. The molecule has 1 N–H and O–H groups in total. The van der Waals surface area contributed by atoms with Crippen molar-refractivity contribution in [3.63, 3.8) is 0 Å². The number of aryl methyl sites for hydroxylation is 1. The summed E-state index contributed by atoms with van der Waals surface area (Å²) in [4.78, 5) is 38.8. The maximum absolute atomic E-state index is 12.5. The van der Waals surface area contributed by atoms with E-state index in [0.29, 0.717) is 23.0 Å². The van der Waals surface area contributed by atoms with Crippen LogP contribution in [0.3, 0.4) is 0 Å². The molecular formula is C17H18BrF2N3O4. The summed E-state index contributed by atoms with van der Waals surface area (Å²) < 4.78 is 30.3. The maximum Gasteiger partial charge on any atom is 0.387 e. The molecule has 1 aromatic carbocycles. The second kappa shape index (κ2) is 8.20. The predicted octanol–water partition coefficient (Wildman–Crippen LogP) is 2.14. The van der Waals surface area contributed by atoms with Crippen molar-refractivity contribution >= 4 is 33.8 Å². The molecule has 27 heavy (non-hydrogen) atoms. The fourth-order valence-electron chi connectivity index (χ4n) is 3.34. The molecule has 4 amide bonds. The van der Waals surface area contributed by atoms with E-state index in [0.717, 1.165) is 0 Å². The first-order valence-corrected chi connectivity index (χ1v) is 9.25. The van der Waals surface area contributed by atoms with Gasteiger partial charge in [-0.2, -0.15) is 8.78 Å². The zero-order valence-electron chi connectivity index (χ0n) is 14.3. The summed E-state index contributed by atoms with van der Waals surface area (Å²) in [5.41, 5.74) is 0.503. The number of carbonyl (C=O) groups excluding carboxylic acids is 3. The molecule has 3 rings (SSSR count). The number of hydrogen-bond acceptors (Lipinski definition) is 4. The number of hydrogen-bond donors (Lipinski definition) is 1. The Morgan fingerprint density at radius 3 is 2.81 bits per heavy atom. The summed E-state index contributed by atoms with van der Waals surface area (Å²) in [6.07, 6.45) is 0.884. The maximum atomic E-state index is 12.5. The summed E-state index contributed by atoms with van der Waals surface area (Å²) in [7, 11) is 0. The number of carbonyl (C=O) groups is 3. The van der Waals surface area contributed by atoms with Gasteiger partial charge in [0.15, 0.2) is 0 Å². The van der Waals surface area contributed by atoms with Gasteiger partial charge in [-0.05, 0) is 36.6 Å². The Hall–Kier alpha value is -2.23. The van der Waals surface area contributed by atoms with Crippen LogP contribution in [0.2, 0.25) is 0 Å². The highest BCUT2D eigenvalue weighted by Crippen LogP contribution is 2.27. The molecule has 10 heteroatoms. The molecule has 2 aliphatic heterocycles. The van der Waals surface area contributed by atoms with E-state index in [1.165, 1.54) is 11.0 Å². The normalized spacial score (nSPS) is 19.8. The molecule has 7 nitrogen and oxygen atoms in total. The lowest BCUT2D eigenvalue weighted by Crippen LogP contribution is -2.42. The molecule has 0 aliphatic carbocycles. The van der Waals surface area contributed by atoms with Crippen molar-refractivity contribution < 1.29 is 27.9 Å². The summed E-state index contributed by atoms with van der Waals surface area (Å²) in [5.74, 6) is -0.408. The molecule has 1 atom stereocenters. The van der Waals surface area contributed by atoms with Crippen molar-refractivity contribution in [3.8, 4) is 5.75 Å². The average Bonchev–Trinajstić information content (AvgIpc) is 3.21. The van der Waals surface area contributed by atoms with E-state index in [9.17, 15) is 23.2 Å². The number of benzene rings is 1. The van der Waals surface area contributed by atoms with Gasteiger partial charge in [0.05, 0.1) is 12.6 Å². The average molecular weight is 446 g/mol. The van der Waals surface area contributed by atoms with Gasteiger partial charge in [-0.3, -0.25) is 14.5 Å². The number of imide groups is 1. The van der Waals surface area contributed by atoms with Crippen LogP contribution in [0.1, 0.15) is 18.4 Å². The molecule has 146 valence electrons. The van der Waals surface area contributed by atoms with Crippen molar-refractivity contribution in [1.82, 2.24) is 15.1 Å². The number of nitrogens with one attached hydrogen (secondary N) is 1. The largest absolute Gasteiger partial charge is 0.435 e. The summed E-state index contributed by atoms with van der Waals surface area (Å²) in [6.45, 7) is -2.22. The van der Waals surface area contributed by atoms with Gasteiger partial charge in [0.2, 0.25) is 11.8 Å².